The number of likely N-dealkylation sites (N-methyl/N-ethyl adjacent to an activating group) is 1. The number of hydrogen-bond acceptors (Lipinski definition) is 8. The van der Waals surface area contributed by atoms with E-state index in [-0.39, 0.29) is 17.3 Å². The monoisotopic (exact) mass is 439 g/mol. The van der Waals surface area contributed by atoms with Crippen LogP contribution in [0, 0.1) is 0 Å². The molecule has 2 aromatic heterocycles. The number of ether oxygens (including phenoxy) is 1. The molecule has 4 rings (SSSR count). The molecular formula is C19H26ClN5O3S. The fourth-order valence-electron chi connectivity index (χ4n) is 3.81. The zero-order chi connectivity index (χ0) is 20.4. The van der Waals surface area contributed by atoms with Gasteiger partial charge in [-0.1, -0.05) is 0 Å². The minimum Gasteiger partial charge on any atom is -0.392 e. The minimum absolute atomic E-state index is 0.0501. The van der Waals surface area contributed by atoms with Crippen molar-refractivity contribution in [3.05, 3.63) is 16.2 Å². The Morgan fingerprint density at radius 1 is 1.38 bits per heavy atom. The van der Waals surface area contributed by atoms with Crippen molar-refractivity contribution >= 4 is 44.9 Å². The number of piperidine rings is 1. The van der Waals surface area contributed by atoms with Gasteiger partial charge in [0.15, 0.2) is 5.82 Å². The Balaban J connectivity index is 1.47. The highest BCUT2D eigenvalue weighted by molar-refractivity contribution is 7.19. The number of hydrogen-bond donors (Lipinski definition) is 1. The SMILES string of the molecule is CN(Cc1cc2nc(Cl)nc(N3CCOCC3)c2s1)C(=O)CN1CCC[C@@H](O)C1. The number of likely N-dealkylation sites (tertiary alicyclic amines) is 1. The second kappa shape index (κ2) is 9.09. The van der Waals surface area contributed by atoms with Gasteiger partial charge in [-0.2, -0.15) is 4.98 Å². The van der Waals surface area contributed by atoms with Crippen molar-refractivity contribution in [3.63, 3.8) is 0 Å². The molecule has 0 aliphatic carbocycles. The van der Waals surface area contributed by atoms with E-state index in [9.17, 15) is 9.90 Å². The number of nitrogens with zero attached hydrogens (tertiary/aromatic N) is 5. The number of rotatable bonds is 5. The third-order valence-electron chi connectivity index (χ3n) is 5.35. The van der Waals surface area contributed by atoms with Crippen molar-refractivity contribution < 1.29 is 14.6 Å². The van der Waals surface area contributed by atoms with Crippen molar-refractivity contribution in [2.24, 2.45) is 0 Å². The first-order chi connectivity index (χ1) is 14.0. The molecule has 0 unspecified atom stereocenters. The van der Waals surface area contributed by atoms with E-state index in [0.717, 1.165) is 53.4 Å². The van der Waals surface area contributed by atoms with E-state index in [1.54, 1.807) is 16.2 Å². The largest absolute Gasteiger partial charge is 0.392 e. The van der Waals surface area contributed by atoms with Gasteiger partial charge in [0, 0.05) is 31.6 Å². The number of carbonyl (C=O) groups excluding carboxylic acids is 1. The van der Waals surface area contributed by atoms with Gasteiger partial charge >= 0.3 is 0 Å². The highest BCUT2D eigenvalue weighted by atomic mass is 35.5. The van der Waals surface area contributed by atoms with Crippen molar-refractivity contribution in [3.8, 4) is 0 Å². The number of amides is 1. The van der Waals surface area contributed by atoms with E-state index in [1.165, 1.54) is 0 Å². The van der Waals surface area contributed by atoms with Gasteiger partial charge in [0.05, 0.1) is 42.6 Å². The van der Waals surface area contributed by atoms with Crippen LogP contribution in [0.25, 0.3) is 10.2 Å². The molecule has 158 valence electrons. The Bertz CT molecular complexity index is 873. The molecule has 1 N–H and O–H groups in total. The fourth-order valence-corrected chi connectivity index (χ4v) is 5.15. The lowest BCUT2D eigenvalue weighted by Gasteiger charge is -2.30. The van der Waals surface area contributed by atoms with Crippen LogP contribution >= 0.6 is 22.9 Å². The smallest absolute Gasteiger partial charge is 0.236 e. The van der Waals surface area contributed by atoms with Crippen LogP contribution in [0.2, 0.25) is 5.28 Å². The van der Waals surface area contributed by atoms with Crippen molar-refractivity contribution in [2.75, 3.05) is 57.9 Å². The first-order valence-electron chi connectivity index (χ1n) is 9.92. The van der Waals surface area contributed by atoms with Crippen LogP contribution in [0.4, 0.5) is 5.82 Å². The molecule has 0 bridgehead atoms. The highest BCUT2D eigenvalue weighted by Crippen LogP contribution is 2.33. The summed E-state index contributed by atoms with van der Waals surface area (Å²) in [6.45, 7) is 5.16. The molecular weight excluding hydrogens is 414 g/mol. The van der Waals surface area contributed by atoms with Gasteiger partial charge < -0.3 is 19.6 Å². The summed E-state index contributed by atoms with van der Waals surface area (Å²) in [5.74, 6) is 0.893. The van der Waals surface area contributed by atoms with Crippen molar-refractivity contribution in [1.82, 2.24) is 19.8 Å². The van der Waals surface area contributed by atoms with E-state index >= 15 is 0 Å². The highest BCUT2D eigenvalue weighted by Gasteiger charge is 2.23. The summed E-state index contributed by atoms with van der Waals surface area (Å²) in [6, 6.07) is 1.99. The Morgan fingerprint density at radius 2 is 2.17 bits per heavy atom. The number of β-amino-alcohol motifs (C(OH)–C–C–N with tert-alkyl or cyclic N) is 1. The quantitative estimate of drug-likeness (QED) is 0.708. The number of anilines is 1. The van der Waals surface area contributed by atoms with Gasteiger partial charge in [0.2, 0.25) is 11.2 Å². The van der Waals surface area contributed by atoms with Crippen LogP contribution in [0.1, 0.15) is 17.7 Å². The van der Waals surface area contributed by atoms with Gasteiger partial charge in [-0.25, -0.2) is 4.98 Å². The summed E-state index contributed by atoms with van der Waals surface area (Å²) in [6.07, 6.45) is 1.42. The molecule has 0 radical (unpaired) electrons. The zero-order valence-electron chi connectivity index (χ0n) is 16.5. The number of carbonyl (C=O) groups is 1. The van der Waals surface area contributed by atoms with E-state index in [1.807, 2.05) is 18.0 Å². The van der Waals surface area contributed by atoms with Crippen LogP contribution in [-0.2, 0) is 16.1 Å². The standard InChI is InChI=1S/C19H26ClN5O3S/c1-23(16(27)12-24-4-2-3-13(26)10-24)11-14-9-15-17(29-14)18(22-19(20)21-15)25-5-7-28-8-6-25/h9,13,26H,2-8,10-12H2,1H3/t13-/m1/s1. The Labute approximate surface area is 179 Å². The molecule has 0 aromatic carbocycles. The molecule has 4 heterocycles. The lowest BCUT2D eigenvalue weighted by Crippen LogP contribution is -2.44. The minimum atomic E-state index is -0.327. The molecule has 0 saturated carbocycles. The predicted molar refractivity (Wildman–Crippen MR) is 114 cm³/mol. The average Bonchev–Trinajstić information content (AvgIpc) is 3.10. The number of thiophene rings is 1. The van der Waals surface area contributed by atoms with E-state index in [0.29, 0.717) is 32.8 Å². The molecule has 29 heavy (non-hydrogen) atoms. The lowest BCUT2D eigenvalue weighted by molar-refractivity contribution is -0.132. The molecule has 2 aliphatic rings. The Hall–Kier alpha value is -1.52. The normalized spacial score (nSPS) is 20.9. The second-order valence-corrected chi connectivity index (χ2v) is 9.10. The Kier molecular flexibility index (Phi) is 6.50. The first-order valence-corrected chi connectivity index (χ1v) is 11.1. The topological polar surface area (TPSA) is 82.0 Å². The van der Waals surface area contributed by atoms with Crippen molar-refractivity contribution in [1.29, 1.82) is 0 Å². The fraction of sp³-hybridized carbons (Fsp3) is 0.632. The first kappa shape index (κ1) is 20.7. The number of halogens is 1. The molecule has 1 amide bonds. The van der Waals surface area contributed by atoms with Crippen LogP contribution in [0.3, 0.4) is 0 Å². The molecule has 10 heteroatoms. The number of aliphatic hydroxyl groups is 1. The van der Waals surface area contributed by atoms with Gasteiger partial charge in [0.1, 0.15) is 0 Å². The molecule has 0 spiro atoms. The molecule has 1 atom stereocenters. The third-order valence-corrected chi connectivity index (χ3v) is 6.62. The molecule has 2 fully saturated rings. The predicted octanol–water partition coefficient (Wildman–Crippen LogP) is 1.60. The summed E-state index contributed by atoms with van der Waals surface area (Å²) in [5, 5.41) is 10.0. The van der Waals surface area contributed by atoms with Crippen molar-refractivity contribution in [2.45, 2.75) is 25.5 Å². The molecule has 2 aromatic rings. The van der Waals surface area contributed by atoms with Gasteiger partial charge in [-0.05, 0) is 37.1 Å². The lowest BCUT2D eigenvalue weighted by atomic mass is 10.1. The summed E-state index contributed by atoms with van der Waals surface area (Å²) in [5.41, 5.74) is 0.812. The van der Waals surface area contributed by atoms with Crippen LogP contribution in [0.5, 0.6) is 0 Å². The summed E-state index contributed by atoms with van der Waals surface area (Å²) in [7, 11) is 1.81. The summed E-state index contributed by atoms with van der Waals surface area (Å²) in [4.78, 5) is 28.5. The van der Waals surface area contributed by atoms with E-state index in [2.05, 4.69) is 14.9 Å². The zero-order valence-corrected chi connectivity index (χ0v) is 18.1. The van der Waals surface area contributed by atoms with Gasteiger partial charge in [0.25, 0.3) is 0 Å². The average molecular weight is 440 g/mol. The maximum Gasteiger partial charge on any atom is 0.236 e. The number of morpholine rings is 1. The van der Waals surface area contributed by atoms with Gasteiger partial charge in [-0.15, -0.1) is 11.3 Å². The van der Waals surface area contributed by atoms with Crippen LogP contribution < -0.4 is 4.90 Å². The van der Waals surface area contributed by atoms with Gasteiger partial charge in [-0.3, -0.25) is 9.69 Å². The maximum atomic E-state index is 12.6. The maximum absolute atomic E-state index is 12.6. The molecule has 2 aliphatic heterocycles. The van der Waals surface area contributed by atoms with E-state index in [4.69, 9.17) is 16.3 Å². The second-order valence-electron chi connectivity index (χ2n) is 7.62. The number of aliphatic hydroxyl groups excluding tert-OH is 1. The molecule has 8 nitrogen and oxygen atoms in total. The van der Waals surface area contributed by atoms with Crippen LogP contribution in [0.15, 0.2) is 6.07 Å². The third kappa shape index (κ3) is 4.97. The summed E-state index contributed by atoms with van der Waals surface area (Å²) >= 11 is 7.77. The number of aromatic nitrogens is 2. The Morgan fingerprint density at radius 3 is 2.93 bits per heavy atom. The van der Waals surface area contributed by atoms with E-state index < -0.39 is 0 Å². The number of fused-ring (bicyclic) bond motifs is 1. The summed E-state index contributed by atoms with van der Waals surface area (Å²) < 4.78 is 6.43. The molecule has 2 saturated heterocycles. The van der Waals surface area contributed by atoms with Crippen LogP contribution in [-0.4, -0.2) is 89.9 Å².